The van der Waals surface area contributed by atoms with Gasteiger partial charge >= 0.3 is 0 Å². The standard InChI is InChI=1S/C14H19N3O/c1-3-7-17(8-4-2)14(18)11-5-6-13-12(9-11)10-15-16-13/h5-6,9-10H,3-4,7-8H2,1-2H3,(H,15,16). The number of carbonyl (C=O) groups is 1. The van der Waals surface area contributed by atoms with Gasteiger partial charge in [0.05, 0.1) is 11.7 Å². The fraction of sp³-hybridized carbons (Fsp3) is 0.429. The fourth-order valence-corrected chi connectivity index (χ4v) is 2.11. The molecule has 0 radical (unpaired) electrons. The highest BCUT2D eigenvalue weighted by Crippen LogP contribution is 2.15. The molecule has 18 heavy (non-hydrogen) atoms. The van der Waals surface area contributed by atoms with Crippen LogP contribution in [0.25, 0.3) is 10.9 Å². The van der Waals surface area contributed by atoms with Gasteiger partial charge < -0.3 is 4.90 Å². The Labute approximate surface area is 107 Å². The van der Waals surface area contributed by atoms with Crippen molar-refractivity contribution in [2.45, 2.75) is 26.7 Å². The highest BCUT2D eigenvalue weighted by atomic mass is 16.2. The highest BCUT2D eigenvalue weighted by Gasteiger charge is 2.14. The van der Waals surface area contributed by atoms with Crippen molar-refractivity contribution >= 4 is 16.8 Å². The van der Waals surface area contributed by atoms with Crippen LogP contribution in [0.1, 0.15) is 37.0 Å². The summed E-state index contributed by atoms with van der Waals surface area (Å²) in [4.78, 5) is 14.3. The van der Waals surface area contributed by atoms with Gasteiger partial charge in [-0.25, -0.2) is 0 Å². The minimum Gasteiger partial charge on any atom is -0.339 e. The lowest BCUT2D eigenvalue weighted by molar-refractivity contribution is 0.0756. The number of benzene rings is 1. The number of hydrogen-bond acceptors (Lipinski definition) is 2. The van der Waals surface area contributed by atoms with Crippen LogP contribution in [-0.4, -0.2) is 34.1 Å². The number of hydrogen-bond donors (Lipinski definition) is 1. The van der Waals surface area contributed by atoms with Crippen LogP contribution >= 0.6 is 0 Å². The van der Waals surface area contributed by atoms with Crippen molar-refractivity contribution in [3.63, 3.8) is 0 Å². The molecule has 4 heteroatoms. The summed E-state index contributed by atoms with van der Waals surface area (Å²) in [5, 5.41) is 7.84. The first-order valence-corrected chi connectivity index (χ1v) is 6.48. The van der Waals surface area contributed by atoms with Gasteiger partial charge in [0, 0.05) is 24.0 Å². The van der Waals surface area contributed by atoms with E-state index in [-0.39, 0.29) is 5.91 Å². The second-order valence-corrected chi connectivity index (χ2v) is 4.46. The third-order valence-electron chi connectivity index (χ3n) is 2.96. The Morgan fingerprint density at radius 2 is 2.00 bits per heavy atom. The van der Waals surface area contributed by atoms with Crippen molar-refractivity contribution in [3.8, 4) is 0 Å². The molecule has 2 rings (SSSR count). The molecular weight excluding hydrogens is 226 g/mol. The molecule has 2 aromatic rings. The molecule has 0 aliphatic carbocycles. The van der Waals surface area contributed by atoms with E-state index in [2.05, 4.69) is 24.0 Å². The summed E-state index contributed by atoms with van der Waals surface area (Å²) in [7, 11) is 0. The molecule has 1 aromatic heterocycles. The summed E-state index contributed by atoms with van der Waals surface area (Å²) in [5.41, 5.74) is 1.70. The maximum absolute atomic E-state index is 12.4. The third-order valence-corrected chi connectivity index (χ3v) is 2.96. The van der Waals surface area contributed by atoms with Crippen molar-refractivity contribution in [1.82, 2.24) is 15.1 Å². The lowest BCUT2D eigenvalue weighted by Crippen LogP contribution is -2.32. The Balaban J connectivity index is 2.24. The maximum atomic E-state index is 12.4. The van der Waals surface area contributed by atoms with Gasteiger partial charge in [-0.2, -0.15) is 5.10 Å². The molecule has 0 spiro atoms. The van der Waals surface area contributed by atoms with Crippen LogP contribution in [0.4, 0.5) is 0 Å². The molecule has 0 aliphatic heterocycles. The van der Waals surface area contributed by atoms with E-state index in [0.717, 1.165) is 42.4 Å². The van der Waals surface area contributed by atoms with Crippen molar-refractivity contribution in [1.29, 1.82) is 0 Å². The van der Waals surface area contributed by atoms with E-state index in [1.54, 1.807) is 6.20 Å². The SMILES string of the molecule is CCCN(CCC)C(=O)c1ccc2[nH]ncc2c1. The number of aromatic nitrogens is 2. The first-order valence-electron chi connectivity index (χ1n) is 6.48. The van der Waals surface area contributed by atoms with Gasteiger partial charge in [0.15, 0.2) is 0 Å². The van der Waals surface area contributed by atoms with Crippen molar-refractivity contribution in [3.05, 3.63) is 30.0 Å². The largest absolute Gasteiger partial charge is 0.339 e. The minimum absolute atomic E-state index is 0.113. The van der Waals surface area contributed by atoms with Crippen molar-refractivity contribution in [2.75, 3.05) is 13.1 Å². The zero-order chi connectivity index (χ0) is 13.0. The third kappa shape index (κ3) is 2.53. The van der Waals surface area contributed by atoms with Crippen LogP contribution in [0.3, 0.4) is 0 Å². The first-order chi connectivity index (χ1) is 8.76. The number of amides is 1. The van der Waals surface area contributed by atoms with Gasteiger partial charge in [-0.1, -0.05) is 13.8 Å². The Morgan fingerprint density at radius 1 is 1.28 bits per heavy atom. The maximum Gasteiger partial charge on any atom is 0.253 e. The molecule has 0 bridgehead atoms. The van der Waals surface area contributed by atoms with Crippen LogP contribution in [0.5, 0.6) is 0 Å². The van der Waals surface area contributed by atoms with Crippen molar-refractivity contribution in [2.24, 2.45) is 0 Å². The first kappa shape index (κ1) is 12.6. The Kier molecular flexibility index (Phi) is 3.97. The number of fused-ring (bicyclic) bond motifs is 1. The number of nitrogens with zero attached hydrogens (tertiary/aromatic N) is 2. The van der Waals surface area contributed by atoms with Gasteiger partial charge in [-0.15, -0.1) is 0 Å². The van der Waals surface area contributed by atoms with Crippen LogP contribution in [0, 0.1) is 0 Å². The zero-order valence-corrected chi connectivity index (χ0v) is 10.9. The number of aromatic amines is 1. The molecule has 1 aromatic carbocycles. The molecule has 1 amide bonds. The smallest absolute Gasteiger partial charge is 0.253 e. The van der Waals surface area contributed by atoms with Gasteiger partial charge in [-0.3, -0.25) is 9.89 Å². The van der Waals surface area contributed by atoms with Crippen LogP contribution < -0.4 is 0 Å². The normalized spacial score (nSPS) is 10.8. The number of carbonyl (C=O) groups excluding carboxylic acids is 1. The Bertz CT molecular complexity index is 527. The molecule has 4 nitrogen and oxygen atoms in total. The van der Waals surface area contributed by atoms with Crippen LogP contribution in [0.2, 0.25) is 0 Å². The number of H-pyrrole nitrogens is 1. The molecular formula is C14H19N3O. The van der Waals surface area contributed by atoms with E-state index >= 15 is 0 Å². The second-order valence-electron chi connectivity index (χ2n) is 4.46. The topological polar surface area (TPSA) is 49.0 Å². The summed E-state index contributed by atoms with van der Waals surface area (Å²) in [5.74, 6) is 0.113. The summed E-state index contributed by atoms with van der Waals surface area (Å²) in [6, 6.07) is 5.67. The summed E-state index contributed by atoms with van der Waals surface area (Å²) < 4.78 is 0. The summed E-state index contributed by atoms with van der Waals surface area (Å²) >= 11 is 0. The molecule has 0 saturated carbocycles. The van der Waals surface area contributed by atoms with E-state index in [0.29, 0.717) is 0 Å². The lowest BCUT2D eigenvalue weighted by Gasteiger charge is -2.21. The Hall–Kier alpha value is -1.84. The molecule has 96 valence electrons. The molecule has 0 saturated heterocycles. The van der Waals surface area contributed by atoms with Gasteiger partial charge in [-0.05, 0) is 31.0 Å². The van der Waals surface area contributed by atoms with Crippen molar-refractivity contribution < 1.29 is 4.79 Å². The molecule has 0 atom stereocenters. The summed E-state index contributed by atoms with van der Waals surface area (Å²) in [6.07, 6.45) is 3.72. The molecule has 1 N–H and O–H groups in total. The van der Waals surface area contributed by atoms with E-state index < -0.39 is 0 Å². The monoisotopic (exact) mass is 245 g/mol. The Morgan fingerprint density at radius 3 is 2.67 bits per heavy atom. The quantitative estimate of drug-likeness (QED) is 0.880. The summed E-state index contributed by atoms with van der Waals surface area (Å²) in [6.45, 7) is 5.82. The zero-order valence-electron chi connectivity index (χ0n) is 10.9. The van der Waals surface area contributed by atoms with Gasteiger partial charge in [0.2, 0.25) is 0 Å². The van der Waals surface area contributed by atoms with E-state index in [1.807, 2.05) is 23.1 Å². The average molecular weight is 245 g/mol. The van der Waals surface area contributed by atoms with E-state index in [9.17, 15) is 4.79 Å². The number of nitrogens with one attached hydrogen (secondary N) is 1. The lowest BCUT2D eigenvalue weighted by atomic mass is 10.1. The second kappa shape index (κ2) is 5.67. The van der Waals surface area contributed by atoms with E-state index in [4.69, 9.17) is 0 Å². The number of rotatable bonds is 5. The highest BCUT2D eigenvalue weighted by molar-refractivity contribution is 5.97. The van der Waals surface area contributed by atoms with Crippen LogP contribution in [0.15, 0.2) is 24.4 Å². The fourth-order valence-electron chi connectivity index (χ4n) is 2.11. The predicted molar refractivity (Wildman–Crippen MR) is 72.6 cm³/mol. The molecule has 1 heterocycles. The van der Waals surface area contributed by atoms with E-state index in [1.165, 1.54) is 0 Å². The minimum atomic E-state index is 0.113. The predicted octanol–water partition coefficient (Wildman–Crippen LogP) is 2.83. The van der Waals surface area contributed by atoms with Gasteiger partial charge in [0.1, 0.15) is 0 Å². The molecule has 0 aliphatic rings. The molecule has 0 fully saturated rings. The van der Waals surface area contributed by atoms with Gasteiger partial charge in [0.25, 0.3) is 5.91 Å². The average Bonchev–Trinajstić information content (AvgIpc) is 2.84. The molecule has 0 unspecified atom stereocenters. The van der Waals surface area contributed by atoms with Crippen LogP contribution in [-0.2, 0) is 0 Å².